The molecule has 182 valence electrons. The molecule has 0 radical (unpaired) electrons. The van der Waals surface area contributed by atoms with Crippen molar-refractivity contribution >= 4 is 41.3 Å². The summed E-state index contributed by atoms with van der Waals surface area (Å²) in [5, 5.41) is 12.1. The molecule has 1 fully saturated rings. The van der Waals surface area contributed by atoms with Gasteiger partial charge in [-0.05, 0) is 28.8 Å². The van der Waals surface area contributed by atoms with E-state index in [0.29, 0.717) is 4.91 Å². The first-order valence-electron chi connectivity index (χ1n) is 11.2. The van der Waals surface area contributed by atoms with Gasteiger partial charge < -0.3 is 10.4 Å². The van der Waals surface area contributed by atoms with E-state index < -0.39 is 29.1 Å². The van der Waals surface area contributed by atoms with Gasteiger partial charge in [-0.2, -0.15) is 0 Å². The number of hydrogen-bond donors (Lipinski definition) is 2. The van der Waals surface area contributed by atoms with Crippen molar-refractivity contribution in [3.8, 4) is 11.1 Å². The number of hydrogen-bond acceptors (Lipinski definition) is 5. The highest BCUT2D eigenvalue weighted by Gasteiger charge is 2.54. The fourth-order valence-electron chi connectivity index (χ4n) is 4.20. The van der Waals surface area contributed by atoms with Crippen molar-refractivity contribution in [3.05, 3.63) is 101 Å². The van der Waals surface area contributed by atoms with E-state index >= 15 is 0 Å². The lowest BCUT2D eigenvalue weighted by Gasteiger charge is -2.49. The lowest BCUT2D eigenvalue weighted by atomic mass is 10.0. The normalized spacial score (nSPS) is 18.9. The molecule has 2 atom stereocenters. The van der Waals surface area contributed by atoms with Crippen molar-refractivity contribution in [2.75, 3.05) is 5.75 Å². The number of rotatable bonds is 7. The van der Waals surface area contributed by atoms with Crippen LogP contribution >= 0.6 is 23.5 Å². The molecule has 9 heteroatoms. The minimum Gasteiger partial charge on any atom is -0.477 e. The smallest absolute Gasteiger partial charge is 0.353 e. The van der Waals surface area contributed by atoms with Crippen LogP contribution in [0, 0.1) is 5.82 Å². The predicted octanol–water partition coefficient (Wildman–Crippen LogP) is 4.52. The van der Waals surface area contributed by atoms with Gasteiger partial charge in [0, 0.05) is 15.6 Å². The fraction of sp³-hybridized carbons (Fsp3) is 0.148. The van der Waals surface area contributed by atoms with Gasteiger partial charge in [0.05, 0.1) is 6.42 Å². The Labute approximate surface area is 215 Å². The highest BCUT2D eigenvalue weighted by Crippen LogP contribution is 2.45. The summed E-state index contributed by atoms with van der Waals surface area (Å²) in [6.07, 6.45) is 0.128. The number of carboxylic acid groups (broad SMARTS) is 1. The van der Waals surface area contributed by atoms with Gasteiger partial charge in [-0.25, -0.2) is 9.18 Å². The lowest BCUT2D eigenvalue weighted by molar-refractivity contribution is -0.150. The maximum Gasteiger partial charge on any atom is 0.353 e. The van der Waals surface area contributed by atoms with E-state index in [0.717, 1.165) is 28.5 Å². The molecule has 3 aromatic carbocycles. The molecule has 3 aromatic rings. The van der Waals surface area contributed by atoms with Crippen LogP contribution in [0.5, 0.6) is 0 Å². The summed E-state index contributed by atoms with van der Waals surface area (Å²) in [6.45, 7) is 0. The quantitative estimate of drug-likeness (QED) is 0.446. The number of carbonyl (C=O) groups is 3. The number of carbonyl (C=O) groups excluding carboxylic acids is 2. The summed E-state index contributed by atoms with van der Waals surface area (Å²) in [5.41, 5.74) is 2.25. The van der Waals surface area contributed by atoms with Crippen molar-refractivity contribution in [2.24, 2.45) is 0 Å². The van der Waals surface area contributed by atoms with Crippen LogP contribution in [0.1, 0.15) is 5.56 Å². The van der Waals surface area contributed by atoms with Crippen LogP contribution in [0.15, 0.2) is 94.4 Å². The van der Waals surface area contributed by atoms with Crippen LogP contribution in [0.25, 0.3) is 11.1 Å². The Bertz CT molecular complexity index is 1360. The SMILES string of the molecule is O=C(Cc1ccccc1)N[C@@H]1C(=O)N2C(C(=O)O)=C(Sc3ccc(-c4ccccc4)cc3F)CS[C@@H]12. The molecule has 36 heavy (non-hydrogen) atoms. The van der Waals surface area contributed by atoms with Crippen molar-refractivity contribution in [2.45, 2.75) is 22.7 Å². The third-order valence-corrected chi connectivity index (χ3v) is 8.53. The zero-order valence-corrected chi connectivity index (χ0v) is 20.5. The van der Waals surface area contributed by atoms with Gasteiger partial charge in [-0.3, -0.25) is 14.5 Å². The molecule has 0 bridgehead atoms. The number of halogens is 1. The van der Waals surface area contributed by atoms with Crippen LogP contribution in [0.4, 0.5) is 4.39 Å². The van der Waals surface area contributed by atoms with E-state index in [-0.39, 0.29) is 28.7 Å². The summed E-state index contributed by atoms with van der Waals surface area (Å²) >= 11 is 2.37. The molecule has 0 saturated carbocycles. The van der Waals surface area contributed by atoms with Crippen LogP contribution < -0.4 is 5.32 Å². The van der Waals surface area contributed by atoms with E-state index in [9.17, 15) is 23.9 Å². The fourth-order valence-corrected chi connectivity index (χ4v) is 6.68. The van der Waals surface area contributed by atoms with Crippen LogP contribution in [-0.4, -0.2) is 45.0 Å². The summed E-state index contributed by atoms with van der Waals surface area (Å²) in [4.78, 5) is 39.3. The third-order valence-electron chi connectivity index (χ3n) is 5.93. The number of nitrogens with zero attached hydrogens (tertiary/aromatic N) is 1. The number of fused-ring (bicyclic) bond motifs is 1. The zero-order valence-electron chi connectivity index (χ0n) is 18.9. The Balaban J connectivity index is 1.32. The predicted molar refractivity (Wildman–Crippen MR) is 138 cm³/mol. The minimum atomic E-state index is -1.26. The number of benzene rings is 3. The van der Waals surface area contributed by atoms with Crippen molar-refractivity contribution in [1.29, 1.82) is 0 Å². The largest absolute Gasteiger partial charge is 0.477 e. The molecule has 0 aromatic heterocycles. The number of thioether (sulfide) groups is 2. The van der Waals surface area contributed by atoms with Crippen LogP contribution in [-0.2, 0) is 20.8 Å². The topological polar surface area (TPSA) is 86.7 Å². The highest BCUT2D eigenvalue weighted by molar-refractivity contribution is 8.06. The standard InChI is InChI=1S/C27H21FN2O4S2/c28-19-14-18(17-9-5-2-6-10-17)11-12-20(19)36-21-15-35-26-23(25(32)30(26)24(21)27(33)34)29-22(31)13-16-7-3-1-4-8-16/h1-12,14,23,26H,13,15H2,(H,29,31)(H,33,34)/t23-,26+/m1/s1. The Morgan fingerprint density at radius 3 is 2.39 bits per heavy atom. The summed E-state index contributed by atoms with van der Waals surface area (Å²) in [5.74, 6) is -2.23. The number of carboxylic acids is 1. The maximum atomic E-state index is 14.9. The molecule has 2 N–H and O–H groups in total. The molecule has 1 saturated heterocycles. The number of β-lactam (4-membered cyclic amide) rings is 1. The Hall–Kier alpha value is -3.56. The van der Waals surface area contributed by atoms with Crippen molar-refractivity contribution < 1.29 is 23.9 Å². The monoisotopic (exact) mass is 520 g/mol. The van der Waals surface area contributed by atoms with Gasteiger partial charge in [0.2, 0.25) is 5.91 Å². The molecular weight excluding hydrogens is 499 g/mol. The lowest BCUT2D eigenvalue weighted by Crippen LogP contribution is -2.70. The molecular formula is C27H21FN2O4S2. The maximum absolute atomic E-state index is 14.9. The summed E-state index contributed by atoms with van der Waals surface area (Å²) in [7, 11) is 0. The molecule has 2 amide bonds. The van der Waals surface area contributed by atoms with Crippen molar-refractivity contribution in [3.63, 3.8) is 0 Å². The molecule has 0 unspecified atom stereocenters. The Kier molecular flexibility index (Phi) is 6.84. The van der Waals surface area contributed by atoms with Gasteiger partial charge in [0.15, 0.2) is 0 Å². The first kappa shape index (κ1) is 24.1. The summed E-state index contributed by atoms with van der Waals surface area (Å²) in [6, 6.07) is 22.6. The number of nitrogens with one attached hydrogen (secondary N) is 1. The zero-order chi connectivity index (χ0) is 25.2. The number of amides is 2. The summed E-state index contributed by atoms with van der Waals surface area (Å²) < 4.78 is 14.9. The minimum absolute atomic E-state index is 0.128. The van der Waals surface area contributed by atoms with Crippen LogP contribution in [0.3, 0.4) is 0 Å². The number of aliphatic carboxylic acids is 1. The van der Waals surface area contributed by atoms with E-state index in [1.54, 1.807) is 12.1 Å². The highest BCUT2D eigenvalue weighted by atomic mass is 32.2. The van der Waals surface area contributed by atoms with E-state index in [1.165, 1.54) is 22.7 Å². The molecule has 5 rings (SSSR count). The van der Waals surface area contributed by atoms with Gasteiger partial charge in [0.25, 0.3) is 5.91 Å². The molecule has 0 aliphatic carbocycles. The molecule has 2 aliphatic rings. The molecule has 2 aliphatic heterocycles. The van der Waals surface area contributed by atoms with E-state index in [2.05, 4.69) is 5.32 Å². The second-order valence-corrected chi connectivity index (χ2v) is 10.5. The van der Waals surface area contributed by atoms with Crippen molar-refractivity contribution in [1.82, 2.24) is 10.2 Å². The van der Waals surface area contributed by atoms with Gasteiger partial charge in [-0.15, -0.1) is 11.8 Å². The molecule has 0 spiro atoms. The average molecular weight is 521 g/mol. The second kappa shape index (κ2) is 10.2. The molecule has 6 nitrogen and oxygen atoms in total. The van der Waals surface area contributed by atoms with E-state index in [1.807, 2.05) is 60.7 Å². The third kappa shape index (κ3) is 4.76. The molecule has 2 heterocycles. The van der Waals surface area contributed by atoms with E-state index in [4.69, 9.17) is 0 Å². The van der Waals surface area contributed by atoms with Crippen LogP contribution in [0.2, 0.25) is 0 Å². The average Bonchev–Trinajstić information content (AvgIpc) is 2.89. The van der Waals surface area contributed by atoms with Gasteiger partial charge >= 0.3 is 5.97 Å². The first-order valence-corrected chi connectivity index (χ1v) is 13.1. The Morgan fingerprint density at radius 1 is 1.03 bits per heavy atom. The Morgan fingerprint density at radius 2 is 1.72 bits per heavy atom. The van der Waals surface area contributed by atoms with Gasteiger partial charge in [-0.1, -0.05) is 78.5 Å². The van der Waals surface area contributed by atoms with Gasteiger partial charge in [0.1, 0.15) is 22.9 Å². The first-order chi connectivity index (χ1) is 17.4. The second-order valence-electron chi connectivity index (χ2n) is 8.31.